The molecule has 1 saturated heterocycles. The smallest absolute Gasteiger partial charge is 0.123 e. The van der Waals surface area contributed by atoms with Crippen molar-refractivity contribution in [2.75, 3.05) is 24.5 Å². The van der Waals surface area contributed by atoms with Crippen molar-refractivity contribution >= 4 is 5.69 Å². The largest absolute Gasteiger partial charge is 0.367 e. The average Bonchev–Trinajstić information content (AvgIpc) is 3.16. The van der Waals surface area contributed by atoms with Gasteiger partial charge in [-0.05, 0) is 66.7 Å². The zero-order valence-electron chi connectivity index (χ0n) is 16.1. The van der Waals surface area contributed by atoms with Gasteiger partial charge in [0.15, 0.2) is 0 Å². The highest BCUT2D eigenvalue weighted by molar-refractivity contribution is 5.47. The molecule has 28 heavy (non-hydrogen) atoms. The molecule has 1 fully saturated rings. The Morgan fingerprint density at radius 2 is 1.36 bits per heavy atom. The van der Waals surface area contributed by atoms with E-state index in [4.69, 9.17) is 0 Å². The molecule has 1 aliphatic rings. The minimum absolute atomic E-state index is 0.187. The van der Waals surface area contributed by atoms with Gasteiger partial charge in [-0.25, -0.2) is 4.39 Å². The molecule has 2 unspecified atom stereocenters. The normalized spacial score (nSPS) is 18.9. The number of hydrogen-bond donors (Lipinski definition) is 1. The molecule has 0 aliphatic carbocycles. The van der Waals surface area contributed by atoms with Crippen molar-refractivity contribution in [2.45, 2.75) is 13.0 Å². The van der Waals surface area contributed by atoms with Crippen molar-refractivity contribution in [2.24, 2.45) is 11.8 Å². The van der Waals surface area contributed by atoms with Crippen LogP contribution in [-0.2, 0) is 13.0 Å². The fourth-order valence-corrected chi connectivity index (χ4v) is 4.16. The van der Waals surface area contributed by atoms with Crippen LogP contribution in [0.5, 0.6) is 0 Å². The number of halogens is 1. The number of benzene rings is 3. The van der Waals surface area contributed by atoms with E-state index in [0.717, 1.165) is 38.3 Å². The SMILES string of the molecule is Fc1ccc(N(Cc2ccccc2)CC2CNCC2Cc2ccccc2)cc1. The van der Waals surface area contributed by atoms with E-state index < -0.39 is 0 Å². The minimum Gasteiger partial charge on any atom is -0.367 e. The maximum atomic E-state index is 13.5. The zero-order valence-corrected chi connectivity index (χ0v) is 16.1. The summed E-state index contributed by atoms with van der Waals surface area (Å²) >= 11 is 0. The second kappa shape index (κ2) is 9.03. The third-order valence-corrected chi connectivity index (χ3v) is 5.68. The van der Waals surface area contributed by atoms with Gasteiger partial charge in [-0.1, -0.05) is 60.7 Å². The molecule has 0 amide bonds. The summed E-state index contributed by atoms with van der Waals surface area (Å²) < 4.78 is 13.5. The first kappa shape index (κ1) is 18.7. The Balaban J connectivity index is 1.51. The summed E-state index contributed by atoms with van der Waals surface area (Å²) in [5, 5.41) is 3.59. The molecule has 2 nitrogen and oxygen atoms in total. The quantitative estimate of drug-likeness (QED) is 0.632. The van der Waals surface area contributed by atoms with Crippen LogP contribution in [0.1, 0.15) is 11.1 Å². The van der Waals surface area contributed by atoms with Gasteiger partial charge < -0.3 is 10.2 Å². The lowest BCUT2D eigenvalue weighted by molar-refractivity contribution is 0.413. The Bertz CT molecular complexity index is 849. The number of nitrogens with zero attached hydrogens (tertiary/aromatic N) is 1. The summed E-state index contributed by atoms with van der Waals surface area (Å²) in [5.41, 5.74) is 3.76. The molecule has 3 aromatic rings. The minimum atomic E-state index is -0.187. The highest BCUT2D eigenvalue weighted by Gasteiger charge is 2.29. The average molecular weight is 375 g/mol. The summed E-state index contributed by atoms with van der Waals surface area (Å²) in [6, 6.07) is 28.2. The van der Waals surface area contributed by atoms with Crippen molar-refractivity contribution < 1.29 is 4.39 Å². The van der Waals surface area contributed by atoms with Crippen LogP contribution in [-0.4, -0.2) is 19.6 Å². The van der Waals surface area contributed by atoms with Gasteiger partial charge >= 0.3 is 0 Å². The van der Waals surface area contributed by atoms with Gasteiger partial charge in [-0.2, -0.15) is 0 Å². The summed E-state index contributed by atoms with van der Waals surface area (Å²) in [6.07, 6.45) is 1.10. The summed E-state index contributed by atoms with van der Waals surface area (Å²) in [4.78, 5) is 2.39. The van der Waals surface area contributed by atoms with Crippen molar-refractivity contribution in [1.29, 1.82) is 0 Å². The van der Waals surface area contributed by atoms with Gasteiger partial charge in [0.05, 0.1) is 0 Å². The molecule has 4 rings (SSSR count). The molecule has 1 N–H and O–H groups in total. The van der Waals surface area contributed by atoms with Gasteiger partial charge in [0, 0.05) is 18.8 Å². The topological polar surface area (TPSA) is 15.3 Å². The van der Waals surface area contributed by atoms with Gasteiger partial charge in [0.2, 0.25) is 0 Å². The molecule has 1 heterocycles. The second-order valence-electron chi connectivity index (χ2n) is 7.71. The van der Waals surface area contributed by atoms with Crippen LogP contribution < -0.4 is 10.2 Å². The lowest BCUT2D eigenvalue weighted by Gasteiger charge is -2.30. The monoisotopic (exact) mass is 374 g/mol. The van der Waals surface area contributed by atoms with Crippen LogP contribution >= 0.6 is 0 Å². The Morgan fingerprint density at radius 1 is 0.750 bits per heavy atom. The maximum absolute atomic E-state index is 13.5. The zero-order chi connectivity index (χ0) is 19.2. The van der Waals surface area contributed by atoms with Crippen LogP contribution in [0.15, 0.2) is 84.9 Å². The van der Waals surface area contributed by atoms with E-state index in [1.165, 1.54) is 11.1 Å². The third kappa shape index (κ3) is 4.79. The van der Waals surface area contributed by atoms with Crippen molar-refractivity contribution in [3.05, 3.63) is 102 Å². The number of nitrogens with one attached hydrogen (secondary N) is 1. The Kier molecular flexibility index (Phi) is 6.03. The summed E-state index contributed by atoms with van der Waals surface area (Å²) in [5.74, 6) is 0.989. The van der Waals surface area contributed by atoms with E-state index in [1.54, 1.807) is 12.1 Å². The van der Waals surface area contributed by atoms with Crippen LogP contribution in [0.25, 0.3) is 0 Å². The molecular formula is C25H27FN2. The standard InChI is InChI=1S/C25H27FN2/c26-24-11-13-25(14-12-24)28(18-21-9-5-2-6-10-21)19-23-17-27-16-22(23)15-20-7-3-1-4-8-20/h1-14,22-23,27H,15-19H2. The van der Waals surface area contributed by atoms with E-state index >= 15 is 0 Å². The molecule has 144 valence electrons. The van der Waals surface area contributed by atoms with E-state index in [-0.39, 0.29) is 5.82 Å². The first-order valence-electron chi connectivity index (χ1n) is 10.1. The molecule has 0 radical (unpaired) electrons. The third-order valence-electron chi connectivity index (χ3n) is 5.68. The Hall–Kier alpha value is -2.65. The molecular weight excluding hydrogens is 347 g/mol. The predicted molar refractivity (Wildman–Crippen MR) is 114 cm³/mol. The predicted octanol–water partition coefficient (Wildman–Crippen LogP) is 4.91. The summed E-state index contributed by atoms with van der Waals surface area (Å²) in [6.45, 7) is 3.89. The van der Waals surface area contributed by atoms with Gasteiger partial charge in [-0.3, -0.25) is 0 Å². The second-order valence-corrected chi connectivity index (χ2v) is 7.71. The van der Waals surface area contributed by atoms with Gasteiger partial charge in [-0.15, -0.1) is 0 Å². The molecule has 0 spiro atoms. The van der Waals surface area contributed by atoms with E-state index in [0.29, 0.717) is 11.8 Å². The number of anilines is 1. The highest BCUT2D eigenvalue weighted by Crippen LogP contribution is 2.26. The first-order valence-corrected chi connectivity index (χ1v) is 10.1. The maximum Gasteiger partial charge on any atom is 0.123 e. The number of rotatable bonds is 7. The lowest BCUT2D eigenvalue weighted by Crippen LogP contribution is -2.33. The van der Waals surface area contributed by atoms with Crippen LogP contribution in [0.3, 0.4) is 0 Å². The molecule has 0 aromatic heterocycles. The molecule has 0 saturated carbocycles. The van der Waals surface area contributed by atoms with E-state index in [1.807, 2.05) is 18.2 Å². The molecule has 3 aromatic carbocycles. The van der Waals surface area contributed by atoms with Crippen LogP contribution in [0.4, 0.5) is 10.1 Å². The van der Waals surface area contributed by atoms with Crippen molar-refractivity contribution in [1.82, 2.24) is 5.32 Å². The first-order chi connectivity index (χ1) is 13.8. The fraction of sp³-hybridized carbons (Fsp3) is 0.280. The van der Waals surface area contributed by atoms with E-state index in [9.17, 15) is 4.39 Å². The molecule has 1 aliphatic heterocycles. The van der Waals surface area contributed by atoms with Gasteiger partial charge in [0.1, 0.15) is 5.82 Å². The van der Waals surface area contributed by atoms with Crippen LogP contribution in [0, 0.1) is 17.7 Å². The van der Waals surface area contributed by atoms with Crippen LogP contribution in [0.2, 0.25) is 0 Å². The Labute approximate surface area is 167 Å². The molecule has 0 bridgehead atoms. The lowest BCUT2D eigenvalue weighted by atomic mass is 9.89. The number of hydrogen-bond acceptors (Lipinski definition) is 2. The van der Waals surface area contributed by atoms with Crippen molar-refractivity contribution in [3.63, 3.8) is 0 Å². The molecule has 3 heteroatoms. The summed E-state index contributed by atoms with van der Waals surface area (Å²) in [7, 11) is 0. The molecule has 2 atom stereocenters. The Morgan fingerprint density at radius 3 is 2.04 bits per heavy atom. The van der Waals surface area contributed by atoms with Gasteiger partial charge in [0.25, 0.3) is 0 Å². The fourth-order valence-electron chi connectivity index (χ4n) is 4.16. The van der Waals surface area contributed by atoms with E-state index in [2.05, 4.69) is 64.8 Å². The van der Waals surface area contributed by atoms with Crippen molar-refractivity contribution in [3.8, 4) is 0 Å². The highest BCUT2D eigenvalue weighted by atomic mass is 19.1.